The van der Waals surface area contributed by atoms with Gasteiger partial charge in [0.15, 0.2) is 0 Å². The zero-order valence-corrected chi connectivity index (χ0v) is 48.4. The lowest BCUT2D eigenvalue weighted by Crippen LogP contribution is -2.64. The molecule has 0 saturated heterocycles. The van der Waals surface area contributed by atoms with E-state index >= 15 is 0 Å². The van der Waals surface area contributed by atoms with Crippen LogP contribution in [-0.4, -0.2) is 13.4 Å². The van der Waals surface area contributed by atoms with Crippen molar-refractivity contribution in [2.24, 2.45) is 0 Å². The molecule has 0 spiro atoms. The van der Waals surface area contributed by atoms with Crippen LogP contribution in [0, 0.1) is 0 Å². The first kappa shape index (κ1) is 50.3. The minimum absolute atomic E-state index is 0.180. The standard InChI is InChI=1S/C78H51B2N5O2S/c1-8-26-52(27-9-1)81(53-28-10-2-11-29-53)59-46-69-75-70(47-59)85(58-38-20-7-21-39-58)68-51-71-64(50-63(68)79(75)61-40-22-23-41-65(61)83(69)56-34-16-5-17-35-56)80-62-44-45-67-78(88-74-43-25-24-42-66(74)84(67)57-36-18-6-19-37-57)77(62)87-73-49-60(48-72(86-71)76(73)80)82(54-30-12-3-13-31-54)55-32-14-4-15-33-55/h1-51H. The van der Waals surface area contributed by atoms with Gasteiger partial charge in [0.05, 0.1) is 27.6 Å². The van der Waals surface area contributed by atoms with Crippen molar-refractivity contribution >= 4 is 143 Å². The molecular weight excluding hydrogens is 1090 g/mol. The fourth-order valence-corrected chi connectivity index (χ4v) is 15.4. The van der Waals surface area contributed by atoms with Gasteiger partial charge < -0.3 is 34.0 Å². The molecule has 0 fully saturated rings. The van der Waals surface area contributed by atoms with Gasteiger partial charge in [0.2, 0.25) is 0 Å². The Morgan fingerprint density at radius 3 is 1.25 bits per heavy atom. The number of ether oxygens (including phenoxy) is 2. The number of benzene rings is 13. The summed E-state index contributed by atoms with van der Waals surface area (Å²) in [5, 5.41) is 0. The normalized spacial score (nSPS) is 13.2. The second-order valence-electron chi connectivity index (χ2n) is 22.8. The van der Waals surface area contributed by atoms with Gasteiger partial charge in [0.25, 0.3) is 13.4 Å². The SMILES string of the molecule is c1ccc(N(c2ccccc2)c2cc3c4c(c2)Oc2c(ccc5c2Sc2ccccc2N5c2ccccc2)B4c2cc4c(cc2O3)N(c2ccccc2)c2cc(N(c3ccccc3)c3ccccc3)cc3c2B4c2ccccc2N3c2ccccc2)cc1. The summed E-state index contributed by atoms with van der Waals surface area (Å²) in [6.45, 7) is -0.453. The van der Waals surface area contributed by atoms with Crippen LogP contribution >= 0.6 is 11.8 Å². The summed E-state index contributed by atoms with van der Waals surface area (Å²) in [5.41, 5.74) is 22.8. The molecule has 0 amide bonds. The van der Waals surface area contributed by atoms with Gasteiger partial charge in [-0.1, -0.05) is 182 Å². The highest BCUT2D eigenvalue weighted by atomic mass is 32.2. The van der Waals surface area contributed by atoms with Crippen LogP contribution in [0.25, 0.3) is 0 Å². The summed E-state index contributed by atoms with van der Waals surface area (Å²) in [7, 11) is 0. The van der Waals surface area contributed by atoms with Crippen LogP contribution in [0.3, 0.4) is 0 Å². The van der Waals surface area contributed by atoms with Crippen molar-refractivity contribution in [3.8, 4) is 23.0 Å². The molecule has 0 aliphatic carbocycles. The van der Waals surface area contributed by atoms with Gasteiger partial charge >= 0.3 is 0 Å². The second-order valence-corrected chi connectivity index (χ2v) is 23.8. The van der Waals surface area contributed by atoms with Crippen LogP contribution in [-0.2, 0) is 0 Å². The van der Waals surface area contributed by atoms with E-state index in [9.17, 15) is 0 Å². The summed E-state index contributed by atoms with van der Waals surface area (Å²) >= 11 is 1.78. The molecule has 13 aromatic rings. The monoisotopic (exact) mass is 1140 g/mol. The van der Waals surface area contributed by atoms with Crippen LogP contribution in [0.2, 0.25) is 0 Å². The van der Waals surface area contributed by atoms with Crippen LogP contribution < -0.4 is 66.8 Å². The van der Waals surface area contributed by atoms with Gasteiger partial charge in [-0.05, 0) is 149 Å². The van der Waals surface area contributed by atoms with E-state index in [4.69, 9.17) is 9.47 Å². The molecule has 10 heteroatoms. The van der Waals surface area contributed by atoms with Gasteiger partial charge in [-0.25, -0.2) is 0 Å². The first-order valence-corrected chi connectivity index (χ1v) is 30.8. The van der Waals surface area contributed by atoms with E-state index in [2.05, 4.69) is 334 Å². The van der Waals surface area contributed by atoms with Gasteiger partial charge in [-0.15, -0.1) is 0 Å². The van der Waals surface area contributed by atoms with E-state index in [1.54, 1.807) is 11.8 Å². The maximum atomic E-state index is 7.64. The van der Waals surface area contributed by atoms with Crippen LogP contribution in [0.4, 0.5) is 85.3 Å². The lowest BCUT2D eigenvalue weighted by molar-refractivity contribution is 0.459. The Bertz CT molecular complexity index is 4800. The molecule has 13 aromatic carbocycles. The Balaban J connectivity index is 0.913. The topological polar surface area (TPSA) is 34.7 Å². The van der Waals surface area contributed by atoms with E-state index in [1.807, 2.05) is 0 Å². The lowest BCUT2D eigenvalue weighted by Gasteiger charge is -2.45. The molecule has 18 rings (SSSR count). The highest BCUT2D eigenvalue weighted by Crippen LogP contribution is 2.56. The third-order valence-electron chi connectivity index (χ3n) is 17.8. The summed E-state index contributed by atoms with van der Waals surface area (Å²) in [5.74, 6) is 3.16. The van der Waals surface area contributed by atoms with Gasteiger partial charge in [-0.3, -0.25) is 0 Å². The van der Waals surface area contributed by atoms with Crippen LogP contribution in [0.5, 0.6) is 23.0 Å². The van der Waals surface area contributed by atoms with Gasteiger partial charge in [0, 0.05) is 91.1 Å². The second kappa shape index (κ2) is 20.3. The van der Waals surface area contributed by atoms with E-state index < -0.39 is 0 Å². The predicted molar refractivity (Wildman–Crippen MR) is 366 cm³/mol. The Hall–Kier alpha value is -11.1. The lowest BCUT2D eigenvalue weighted by atomic mass is 9.31. The van der Waals surface area contributed by atoms with Crippen molar-refractivity contribution in [3.63, 3.8) is 0 Å². The smallest absolute Gasteiger partial charge is 0.260 e. The number of para-hydroxylation sites is 9. The molecule has 0 N–H and O–H groups in total. The molecule has 0 saturated carbocycles. The number of rotatable bonds is 9. The largest absolute Gasteiger partial charge is 0.458 e. The average Bonchev–Trinajstić information content (AvgIpc) is 0.849. The van der Waals surface area contributed by atoms with E-state index in [-0.39, 0.29) is 13.4 Å². The van der Waals surface area contributed by atoms with Crippen molar-refractivity contribution in [1.29, 1.82) is 0 Å². The molecule has 7 nitrogen and oxygen atoms in total. The third-order valence-corrected chi connectivity index (χ3v) is 19.0. The minimum atomic E-state index is -0.273. The van der Waals surface area contributed by atoms with Crippen molar-refractivity contribution in [2.45, 2.75) is 9.79 Å². The number of nitrogens with zero attached hydrogens (tertiary/aromatic N) is 5. The Kier molecular flexibility index (Phi) is 11.6. The molecule has 0 radical (unpaired) electrons. The quantitative estimate of drug-likeness (QED) is 0.132. The van der Waals surface area contributed by atoms with Gasteiger partial charge in [0.1, 0.15) is 23.0 Å². The van der Waals surface area contributed by atoms with Crippen LogP contribution in [0.15, 0.2) is 319 Å². The zero-order valence-electron chi connectivity index (χ0n) is 47.6. The summed E-state index contributed by atoms with van der Waals surface area (Å²) in [6.07, 6.45) is 0. The molecule has 5 aliphatic rings. The molecule has 5 heterocycles. The number of hydrogen-bond donors (Lipinski definition) is 0. The Morgan fingerprint density at radius 1 is 0.273 bits per heavy atom. The minimum Gasteiger partial charge on any atom is -0.458 e. The van der Waals surface area contributed by atoms with Crippen molar-refractivity contribution < 1.29 is 9.47 Å². The number of hydrogen-bond acceptors (Lipinski definition) is 8. The van der Waals surface area contributed by atoms with E-state index in [0.717, 1.165) is 134 Å². The number of fused-ring (bicyclic) bond motifs is 11. The van der Waals surface area contributed by atoms with Crippen molar-refractivity contribution in [2.75, 3.05) is 24.5 Å². The Morgan fingerprint density at radius 2 is 0.705 bits per heavy atom. The number of anilines is 15. The highest BCUT2D eigenvalue weighted by molar-refractivity contribution is 8.00. The molecular formula is C78H51B2N5O2S. The average molecular weight is 1140 g/mol. The third kappa shape index (κ3) is 7.89. The molecule has 412 valence electrons. The zero-order chi connectivity index (χ0) is 57.8. The fraction of sp³-hybridized carbons (Fsp3) is 0. The van der Waals surface area contributed by atoms with Gasteiger partial charge in [-0.2, -0.15) is 0 Å². The highest BCUT2D eigenvalue weighted by Gasteiger charge is 2.48. The van der Waals surface area contributed by atoms with E-state index in [1.165, 1.54) is 16.4 Å². The van der Waals surface area contributed by atoms with E-state index in [0.29, 0.717) is 0 Å². The summed E-state index contributed by atoms with van der Waals surface area (Å²) < 4.78 is 15.3. The summed E-state index contributed by atoms with van der Waals surface area (Å²) in [6, 6.07) is 112. The predicted octanol–water partition coefficient (Wildman–Crippen LogP) is 17.4. The first-order valence-electron chi connectivity index (χ1n) is 30.0. The fourth-order valence-electron chi connectivity index (χ4n) is 14.2. The maximum absolute atomic E-state index is 7.64. The summed E-state index contributed by atoms with van der Waals surface area (Å²) in [4.78, 5) is 14.3. The molecule has 0 atom stereocenters. The molecule has 5 aliphatic heterocycles. The molecule has 0 aromatic heterocycles. The van der Waals surface area contributed by atoms with Crippen molar-refractivity contribution in [1.82, 2.24) is 0 Å². The molecule has 0 unspecified atom stereocenters. The first-order chi connectivity index (χ1) is 43.7. The Labute approximate surface area is 516 Å². The van der Waals surface area contributed by atoms with Crippen molar-refractivity contribution in [3.05, 3.63) is 309 Å². The van der Waals surface area contributed by atoms with Crippen LogP contribution in [0.1, 0.15) is 0 Å². The maximum Gasteiger partial charge on any atom is 0.260 e. The molecule has 88 heavy (non-hydrogen) atoms. The molecule has 0 bridgehead atoms.